The number of hydrogen-bond acceptors (Lipinski definition) is 3. The van der Waals surface area contributed by atoms with Crippen molar-refractivity contribution < 1.29 is 9.59 Å². The number of benzene rings is 1. The molecule has 98 valence electrons. The van der Waals surface area contributed by atoms with Gasteiger partial charge in [-0.1, -0.05) is 35.3 Å². The van der Waals surface area contributed by atoms with Crippen molar-refractivity contribution in [3.8, 4) is 0 Å². The lowest BCUT2D eigenvalue weighted by Crippen LogP contribution is -2.23. The Morgan fingerprint density at radius 1 is 1.42 bits per heavy atom. The minimum absolute atomic E-state index is 0.266. The molecule has 7 heteroatoms. The number of rotatable bonds is 1. The Hall–Kier alpha value is -1.30. The number of carbonyl (C=O) groups excluding carboxylic acids is 2. The van der Waals surface area contributed by atoms with Gasteiger partial charge in [0.25, 0.3) is 5.91 Å². The number of carbonyl (C=O) groups is 2. The van der Waals surface area contributed by atoms with E-state index in [1.807, 2.05) is 0 Å². The minimum atomic E-state index is -0.412. The number of amidine groups is 1. The quantitative estimate of drug-likeness (QED) is 0.810. The topological polar surface area (TPSA) is 58.5 Å². The maximum atomic E-state index is 11.7. The lowest BCUT2D eigenvalue weighted by molar-refractivity contribution is -0.117. The fraction of sp³-hybridized carbons (Fsp3) is 0.0833. The Morgan fingerprint density at radius 3 is 2.84 bits per heavy atom. The number of thioether (sulfide) groups is 1. The Balaban J connectivity index is 2.25. The van der Waals surface area contributed by atoms with Gasteiger partial charge in [0.1, 0.15) is 0 Å². The summed E-state index contributed by atoms with van der Waals surface area (Å²) in [7, 11) is 0. The third-order valence-electron chi connectivity index (χ3n) is 2.17. The Morgan fingerprint density at radius 2 is 2.16 bits per heavy atom. The molecule has 0 atom stereocenters. The molecule has 1 aromatic carbocycles. The number of nitrogens with zero attached hydrogens (tertiary/aromatic N) is 1. The van der Waals surface area contributed by atoms with Crippen LogP contribution in [0.25, 0.3) is 6.08 Å². The van der Waals surface area contributed by atoms with E-state index in [0.29, 0.717) is 20.5 Å². The second kappa shape index (κ2) is 5.77. The highest BCUT2D eigenvalue weighted by molar-refractivity contribution is 8.18. The van der Waals surface area contributed by atoms with E-state index < -0.39 is 5.91 Å². The van der Waals surface area contributed by atoms with Gasteiger partial charge in [0.15, 0.2) is 5.17 Å². The Labute approximate surface area is 123 Å². The van der Waals surface area contributed by atoms with Gasteiger partial charge in [-0.25, -0.2) is 0 Å². The highest BCUT2D eigenvalue weighted by Gasteiger charge is 2.22. The molecule has 0 spiro atoms. The van der Waals surface area contributed by atoms with Gasteiger partial charge in [0.05, 0.1) is 15.0 Å². The third-order valence-corrected chi connectivity index (χ3v) is 3.90. The monoisotopic (exact) mass is 314 g/mol. The van der Waals surface area contributed by atoms with Gasteiger partial charge in [-0.15, -0.1) is 0 Å². The average molecular weight is 315 g/mol. The van der Waals surface area contributed by atoms with Crippen LogP contribution in [0.5, 0.6) is 0 Å². The van der Waals surface area contributed by atoms with Crippen LogP contribution in [0.15, 0.2) is 28.1 Å². The van der Waals surface area contributed by atoms with E-state index in [2.05, 4.69) is 10.3 Å². The predicted molar refractivity (Wildman–Crippen MR) is 78.3 cm³/mol. The van der Waals surface area contributed by atoms with Crippen molar-refractivity contribution in [1.29, 1.82) is 0 Å². The molecular weight excluding hydrogens is 307 g/mol. The van der Waals surface area contributed by atoms with Crippen molar-refractivity contribution in [3.63, 3.8) is 0 Å². The molecule has 0 bridgehead atoms. The van der Waals surface area contributed by atoms with E-state index in [-0.39, 0.29) is 11.1 Å². The van der Waals surface area contributed by atoms with Crippen LogP contribution in [-0.2, 0) is 9.59 Å². The molecule has 1 aliphatic heterocycles. The van der Waals surface area contributed by atoms with Gasteiger partial charge < -0.3 is 5.32 Å². The lowest BCUT2D eigenvalue weighted by atomic mass is 10.2. The number of amides is 2. The first kappa shape index (κ1) is 14.1. The fourth-order valence-electron chi connectivity index (χ4n) is 1.39. The maximum absolute atomic E-state index is 11.7. The molecule has 1 aromatic rings. The molecular formula is C12H8Cl2N2O2S. The lowest BCUT2D eigenvalue weighted by Gasteiger charge is -2.01. The summed E-state index contributed by atoms with van der Waals surface area (Å²) >= 11 is 13.0. The molecule has 0 fully saturated rings. The van der Waals surface area contributed by atoms with E-state index in [1.165, 1.54) is 6.92 Å². The second-order valence-corrected chi connectivity index (χ2v) is 5.47. The van der Waals surface area contributed by atoms with E-state index in [4.69, 9.17) is 23.2 Å². The Kier molecular flexibility index (Phi) is 4.29. The van der Waals surface area contributed by atoms with Crippen molar-refractivity contribution in [2.24, 2.45) is 4.99 Å². The van der Waals surface area contributed by atoms with Gasteiger partial charge in [0, 0.05) is 6.92 Å². The van der Waals surface area contributed by atoms with Crippen molar-refractivity contribution in [3.05, 3.63) is 38.7 Å². The van der Waals surface area contributed by atoms with Crippen LogP contribution in [0, 0.1) is 0 Å². The number of hydrogen-bond donors (Lipinski definition) is 1. The highest BCUT2D eigenvalue weighted by atomic mass is 35.5. The number of nitrogens with one attached hydrogen (secondary N) is 1. The molecule has 19 heavy (non-hydrogen) atoms. The van der Waals surface area contributed by atoms with Gasteiger partial charge in [0.2, 0.25) is 5.91 Å². The van der Waals surface area contributed by atoms with Crippen LogP contribution >= 0.6 is 35.0 Å². The predicted octanol–water partition coefficient (Wildman–Crippen LogP) is 3.10. The van der Waals surface area contributed by atoms with E-state index >= 15 is 0 Å². The second-order valence-electron chi connectivity index (χ2n) is 3.66. The van der Waals surface area contributed by atoms with Gasteiger partial charge >= 0.3 is 0 Å². The molecule has 1 N–H and O–H groups in total. The first-order valence-corrected chi connectivity index (χ1v) is 6.79. The molecule has 0 aromatic heterocycles. The van der Waals surface area contributed by atoms with Crippen molar-refractivity contribution in [2.45, 2.75) is 6.92 Å². The van der Waals surface area contributed by atoms with Gasteiger partial charge in [-0.3, -0.25) is 9.59 Å². The van der Waals surface area contributed by atoms with Crippen molar-refractivity contribution in [1.82, 2.24) is 5.32 Å². The summed E-state index contributed by atoms with van der Waals surface area (Å²) in [5.74, 6) is -0.689. The van der Waals surface area contributed by atoms with Crippen molar-refractivity contribution in [2.75, 3.05) is 0 Å². The largest absolute Gasteiger partial charge is 0.305 e. The zero-order valence-electron chi connectivity index (χ0n) is 9.74. The molecule has 0 radical (unpaired) electrons. The smallest absolute Gasteiger partial charge is 0.286 e. The standard InChI is InChI=1S/C12H8Cl2N2O2S/c1-6(17)15-12-16-11(18)9(19-12)5-7-3-2-4-8(13)10(7)14/h2-5H,1H3,(H,15,16,17,18)/b9-5-. The van der Waals surface area contributed by atoms with Gasteiger partial charge in [-0.05, 0) is 29.5 Å². The highest BCUT2D eigenvalue weighted by Crippen LogP contribution is 2.32. The van der Waals surface area contributed by atoms with Crippen LogP contribution in [0.3, 0.4) is 0 Å². The first-order valence-electron chi connectivity index (χ1n) is 5.21. The SMILES string of the molecule is CC(=O)NC1=NC(=O)/C(=C/c2cccc(Cl)c2Cl)S1. The van der Waals surface area contributed by atoms with E-state index in [0.717, 1.165) is 11.8 Å². The number of aliphatic imine (C=N–C) groups is 1. The first-order chi connectivity index (χ1) is 8.97. The van der Waals surface area contributed by atoms with Crippen LogP contribution in [0.2, 0.25) is 10.0 Å². The maximum Gasteiger partial charge on any atom is 0.286 e. The Bertz CT molecular complexity index is 626. The molecule has 2 rings (SSSR count). The molecule has 2 amide bonds. The van der Waals surface area contributed by atoms with Crippen LogP contribution in [0.1, 0.15) is 12.5 Å². The summed E-state index contributed by atoms with van der Waals surface area (Å²) < 4.78 is 0. The minimum Gasteiger partial charge on any atom is -0.305 e. The zero-order chi connectivity index (χ0) is 14.0. The molecule has 1 aliphatic rings. The fourth-order valence-corrected chi connectivity index (χ4v) is 2.60. The van der Waals surface area contributed by atoms with Crippen LogP contribution in [-0.4, -0.2) is 17.0 Å². The normalized spacial score (nSPS) is 16.7. The summed E-state index contributed by atoms with van der Waals surface area (Å²) in [5, 5.41) is 3.52. The van der Waals surface area contributed by atoms with E-state index in [9.17, 15) is 9.59 Å². The van der Waals surface area contributed by atoms with Crippen molar-refractivity contribution >= 4 is 58.0 Å². The molecule has 4 nitrogen and oxygen atoms in total. The average Bonchev–Trinajstić information content (AvgIpc) is 2.64. The summed E-state index contributed by atoms with van der Waals surface area (Å²) in [4.78, 5) is 26.7. The van der Waals surface area contributed by atoms with Crippen LogP contribution in [0.4, 0.5) is 0 Å². The molecule has 0 saturated carbocycles. The molecule has 0 aliphatic carbocycles. The van der Waals surface area contributed by atoms with E-state index in [1.54, 1.807) is 24.3 Å². The molecule has 0 saturated heterocycles. The summed E-state index contributed by atoms with van der Waals surface area (Å²) in [6.45, 7) is 1.35. The molecule has 1 heterocycles. The zero-order valence-corrected chi connectivity index (χ0v) is 12.1. The third kappa shape index (κ3) is 3.37. The number of halogens is 2. The summed E-state index contributed by atoms with van der Waals surface area (Å²) in [6, 6.07) is 5.14. The molecule has 0 unspecified atom stereocenters. The summed E-state index contributed by atoms with van der Waals surface area (Å²) in [5.41, 5.74) is 0.629. The van der Waals surface area contributed by atoms with Gasteiger partial charge in [-0.2, -0.15) is 4.99 Å². The van der Waals surface area contributed by atoms with Crippen LogP contribution < -0.4 is 5.32 Å². The summed E-state index contributed by atoms with van der Waals surface area (Å²) in [6.07, 6.45) is 1.60.